The fraction of sp³-hybridized carbons (Fsp3) is 0.385. The van der Waals surface area contributed by atoms with Crippen LogP contribution in [0.2, 0.25) is 0 Å². The van der Waals surface area contributed by atoms with Crippen molar-refractivity contribution in [2.75, 3.05) is 30.8 Å². The molecule has 0 saturated heterocycles. The molecule has 0 amide bonds. The molecule has 0 spiro atoms. The summed E-state index contributed by atoms with van der Waals surface area (Å²) in [5.41, 5.74) is 12.0. The average molecular weight is 382 g/mol. The third-order valence-electron chi connectivity index (χ3n) is 2.60. The van der Waals surface area contributed by atoms with Gasteiger partial charge in [0.2, 0.25) is 0 Å². The Hall–Kier alpha value is -1.32. The lowest BCUT2D eigenvalue weighted by Crippen LogP contribution is -2.00. The molecule has 2 rings (SSSR count). The number of ether oxygens (including phenoxy) is 1. The van der Waals surface area contributed by atoms with Crippen molar-refractivity contribution in [3.8, 4) is 11.5 Å². The molecule has 0 aliphatic carbocycles. The van der Waals surface area contributed by atoms with Crippen molar-refractivity contribution in [3.05, 3.63) is 17.9 Å². The van der Waals surface area contributed by atoms with Gasteiger partial charge in [-0.3, -0.25) is 4.99 Å². The van der Waals surface area contributed by atoms with Gasteiger partial charge in [-0.2, -0.15) is 0 Å². The monoisotopic (exact) mass is 381 g/mol. The zero-order valence-corrected chi connectivity index (χ0v) is 15.1. The molecular formula is C13H21Cl2N5O2S. The Morgan fingerprint density at radius 1 is 1.43 bits per heavy atom. The van der Waals surface area contributed by atoms with Gasteiger partial charge < -0.3 is 25.9 Å². The average Bonchev–Trinajstić information content (AvgIpc) is 3.09. The first kappa shape index (κ1) is 21.7. The Labute approximate surface area is 151 Å². The van der Waals surface area contributed by atoms with Crippen molar-refractivity contribution in [1.82, 2.24) is 4.98 Å². The highest BCUT2D eigenvalue weighted by Crippen LogP contribution is 2.34. The summed E-state index contributed by atoms with van der Waals surface area (Å²) in [6.07, 6.45) is 1.61. The number of anilines is 2. The largest absolute Gasteiger partial charge is 0.458 e. The van der Waals surface area contributed by atoms with E-state index in [0.717, 1.165) is 5.00 Å². The van der Waals surface area contributed by atoms with Crippen molar-refractivity contribution >= 4 is 52.6 Å². The van der Waals surface area contributed by atoms with Crippen LogP contribution in [-0.2, 0) is 11.3 Å². The molecule has 23 heavy (non-hydrogen) atoms. The molecule has 0 fully saturated rings. The Morgan fingerprint density at radius 3 is 2.87 bits per heavy atom. The SMILES string of the molecule is CCOCCN=CNc1sc(N)nc1-c1ccc(CN)o1.Cl.Cl. The summed E-state index contributed by atoms with van der Waals surface area (Å²) in [7, 11) is 0. The Bertz CT molecular complexity index is 603. The molecule has 0 radical (unpaired) electrons. The number of nitrogens with zero attached hydrogens (tertiary/aromatic N) is 2. The maximum Gasteiger partial charge on any atom is 0.182 e. The van der Waals surface area contributed by atoms with E-state index in [1.807, 2.05) is 19.1 Å². The molecule has 0 bridgehead atoms. The van der Waals surface area contributed by atoms with Crippen molar-refractivity contribution in [2.45, 2.75) is 13.5 Å². The summed E-state index contributed by atoms with van der Waals surface area (Å²) in [5.74, 6) is 1.33. The van der Waals surface area contributed by atoms with Crippen LogP contribution >= 0.6 is 36.2 Å². The van der Waals surface area contributed by atoms with Gasteiger partial charge >= 0.3 is 0 Å². The van der Waals surface area contributed by atoms with E-state index in [-0.39, 0.29) is 24.8 Å². The number of rotatable bonds is 8. The molecule has 2 aromatic heterocycles. The van der Waals surface area contributed by atoms with Gasteiger partial charge in [0.05, 0.1) is 26.0 Å². The third-order valence-corrected chi connectivity index (χ3v) is 3.41. The maximum absolute atomic E-state index is 5.76. The summed E-state index contributed by atoms with van der Waals surface area (Å²) in [6, 6.07) is 3.65. The molecule has 130 valence electrons. The molecule has 0 saturated carbocycles. The molecule has 0 aromatic carbocycles. The fourth-order valence-electron chi connectivity index (χ4n) is 1.65. The predicted octanol–water partition coefficient (Wildman–Crippen LogP) is 2.76. The minimum Gasteiger partial charge on any atom is -0.458 e. The second kappa shape index (κ2) is 11.3. The van der Waals surface area contributed by atoms with Crippen LogP contribution in [0.5, 0.6) is 0 Å². The van der Waals surface area contributed by atoms with E-state index in [1.165, 1.54) is 11.3 Å². The Balaban J connectivity index is 0.00000242. The van der Waals surface area contributed by atoms with E-state index >= 15 is 0 Å². The van der Waals surface area contributed by atoms with Gasteiger partial charge in [0.15, 0.2) is 10.9 Å². The summed E-state index contributed by atoms with van der Waals surface area (Å²) in [6.45, 7) is 4.20. The van der Waals surface area contributed by atoms with Crippen LogP contribution < -0.4 is 16.8 Å². The lowest BCUT2D eigenvalue weighted by Gasteiger charge is -1.99. The number of thiazole rings is 1. The first-order valence-electron chi connectivity index (χ1n) is 6.62. The molecule has 0 aliphatic rings. The number of hydrogen-bond donors (Lipinski definition) is 3. The van der Waals surface area contributed by atoms with E-state index in [0.29, 0.717) is 48.6 Å². The number of halogens is 2. The number of nitrogens with one attached hydrogen (secondary N) is 1. The van der Waals surface area contributed by atoms with Crippen LogP contribution in [0.1, 0.15) is 12.7 Å². The van der Waals surface area contributed by atoms with Crippen LogP contribution in [0.3, 0.4) is 0 Å². The molecule has 5 N–H and O–H groups in total. The molecular weight excluding hydrogens is 361 g/mol. The smallest absolute Gasteiger partial charge is 0.182 e. The van der Waals surface area contributed by atoms with Crippen molar-refractivity contribution < 1.29 is 9.15 Å². The van der Waals surface area contributed by atoms with E-state index in [2.05, 4.69) is 15.3 Å². The molecule has 0 atom stereocenters. The van der Waals surface area contributed by atoms with E-state index in [9.17, 15) is 0 Å². The number of furan rings is 1. The number of aliphatic imine (C=N–C) groups is 1. The summed E-state index contributed by atoms with van der Waals surface area (Å²) >= 11 is 1.34. The normalized spacial score (nSPS) is 10.3. The summed E-state index contributed by atoms with van der Waals surface area (Å²) in [4.78, 5) is 8.47. The van der Waals surface area contributed by atoms with E-state index < -0.39 is 0 Å². The Kier molecular flexibility index (Phi) is 10.6. The first-order chi connectivity index (χ1) is 10.2. The quantitative estimate of drug-likeness (QED) is 0.368. The minimum absolute atomic E-state index is 0. The topological polar surface area (TPSA) is 112 Å². The number of nitrogens with two attached hydrogens (primary N) is 2. The predicted molar refractivity (Wildman–Crippen MR) is 100 cm³/mol. The molecule has 10 heteroatoms. The molecule has 2 aromatic rings. The van der Waals surface area contributed by atoms with Gasteiger partial charge in [-0.25, -0.2) is 4.98 Å². The van der Waals surface area contributed by atoms with E-state index in [1.54, 1.807) is 6.34 Å². The molecule has 0 aliphatic heterocycles. The van der Waals surface area contributed by atoms with Gasteiger partial charge in [-0.05, 0) is 19.1 Å². The number of nitrogen functional groups attached to an aromatic ring is 1. The third kappa shape index (κ3) is 6.36. The number of hydrogen-bond acceptors (Lipinski definition) is 7. The van der Waals surface area contributed by atoms with Crippen LogP contribution in [-0.4, -0.2) is 31.1 Å². The van der Waals surface area contributed by atoms with Gasteiger partial charge in [0.25, 0.3) is 0 Å². The van der Waals surface area contributed by atoms with Gasteiger partial charge in [0, 0.05) is 6.61 Å². The van der Waals surface area contributed by atoms with E-state index in [4.69, 9.17) is 20.6 Å². The summed E-state index contributed by atoms with van der Waals surface area (Å²) < 4.78 is 10.8. The highest BCUT2D eigenvalue weighted by Gasteiger charge is 2.14. The number of aromatic nitrogens is 1. The van der Waals surface area contributed by atoms with Crippen LogP contribution in [0, 0.1) is 0 Å². The first-order valence-corrected chi connectivity index (χ1v) is 7.44. The van der Waals surface area contributed by atoms with Crippen molar-refractivity contribution in [3.63, 3.8) is 0 Å². The van der Waals surface area contributed by atoms with Crippen LogP contribution in [0.15, 0.2) is 21.5 Å². The van der Waals surface area contributed by atoms with Crippen LogP contribution in [0.25, 0.3) is 11.5 Å². The molecule has 0 unspecified atom stereocenters. The van der Waals surface area contributed by atoms with Crippen molar-refractivity contribution in [1.29, 1.82) is 0 Å². The highest BCUT2D eigenvalue weighted by atomic mass is 35.5. The summed E-state index contributed by atoms with van der Waals surface area (Å²) in [5, 5.41) is 4.32. The second-order valence-corrected chi connectivity index (χ2v) is 5.11. The fourth-order valence-corrected chi connectivity index (χ4v) is 2.35. The zero-order chi connectivity index (χ0) is 15.1. The standard InChI is InChI=1S/C13H19N5O2S.2ClH/c1-2-19-6-5-16-8-17-12-11(18-13(15)21-12)10-4-3-9(7-14)20-10;;/h3-4,8H,2,5-7,14H2,1H3,(H2,15,18)(H,16,17);2*1H. The van der Waals surface area contributed by atoms with Crippen LogP contribution in [0.4, 0.5) is 10.1 Å². The molecule has 2 heterocycles. The second-order valence-electron chi connectivity index (χ2n) is 4.08. The molecule has 7 nitrogen and oxygen atoms in total. The lowest BCUT2D eigenvalue weighted by atomic mass is 10.3. The van der Waals surface area contributed by atoms with Gasteiger partial charge in [-0.15, -0.1) is 24.8 Å². The minimum atomic E-state index is 0. The van der Waals surface area contributed by atoms with Gasteiger partial charge in [-0.1, -0.05) is 11.3 Å². The lowest BCUT2D eigenvalue weighted by molar-refractivity contribution is 0.156. The maximum atomic E-state index is 5.76. The highest BCUT2D eigenvalue weighted by molar-refractivity contribution is 7.20. The van der Waals surface area contributed by atoms with Crippen molar-refractivity contribution in [2.24, 2.45) is 10.7 Å². The zero-order valence-electron chi connectivity index (χ0n) is 12.7. The Morgan fingerprint density at radius 2 is 2.22 bits per heavy atom. The van der Waals surface area contributed by atoms with Gasteiger partial charge in [0.1, 0.15) is 16.5 Å².